The van der Waals surface area contributed by atoms with Gasteiger partial charge < -0.3 is 25.0 Å². The Bertz CT molecular complexity index is 1120. The van der Waals surface area contributed by atoms with Gasteiger partial charge in [0.1, 0.15) is 12.4 Å². The third-order valence-electron chi connectivity index (χ3n) is 5.56. The summed E-state index contributed by atoms with van der Waals surface area (Å²) in [5.41, 5.74) is 1.41. The number of carbonyl (C=O) groups excluding carboxylic acids is 2. The fourth-order valence-corrected chi connectivity index (χ4v) is 4.68. The molecule has 0 spiro atoms. The number of amides is 2. The molecular weight excluding hydrogens is 573 g/mol. The molecule has 2 aromatic rings. The number of hydrogen-bond donors (Lipinski definition) is 2. The molecule has 0 radical (unpaired) electrons. The van der Waals surface area contributed by atoms with Crippen LogP contribution >= 0.6 is 23.4 Å². The number of rotatable bonds is 10. The summed E-state index contributed by atoms with van der Waals surface area (Å²) in [7, 11) is 0. The van der Waals surface area contributed by atoms with E-state index in [0.717, 1.165) is 30.3 Å². The van der Waals surface area contributed by atoms with Gasteiger partial charge in [-0.3, -0.25) is 14.6 Å². The van der Waals surface area contributed by atoms with Crippen molar-refractivity contribution in [1.29, 1.82) is 0 Å². The highest BCUT2D eigenvalue weighted by Gasteiger charge is 2.38. The highest BCUT2D eigenvalue weighted by Crippen LogP contribution is 2.23. The number of carboxylic acid groups (broad SMARTS) is 1. The van der Waals surface area contributed by atoms with Crippen molar-refractivity contribution >= 4 is 46.8 Å². The molecule has 2 amide bonds. The van der Waals surface area contributed by atoms with Crippen molar-refractivity contribution in [2.24, 2.45) is 0 Å². The van der Waals surface area contributed by atoms with Crippen molar-refractivity contribution in [3.8, 4) is 5.75 Å². The molecule has 0 atom stereocenters. The lowest BCUT2D eigenvalue weighted by molar-refractivity contribution is -0.192. The first-order valence-electron chi connectivity index (χ1n) is 12.4. The monoisotopic (exact) mass is 604 g/mol. The Labute approximate surface area is 240 Å². The second-order valence-electron chi connectivity index (χ2n) is 8.83. The van der Waals surface area contributed by atoms with Crippen LogP contribution < -0.4 is 10.1 Å². The zero-order valence-electron chi connectivity index (χ0n) is 22.1. The Hall–Kier alpha value is -3.19. The molecule has 3 rings (SSSR count). The van der Waals surface area contributed by atoms with Crippen LogP contribution in [0.2, 0.25) is 5.02 Å². The summed E-state index contributed by atoms with van der Waals surface area (Å²) >= 11 is 8.15. The number of ether oxygens (including phenoxy) is 1. The lowest BCUT2D eigenvalue weighted by Crippen LogP contribution is -2.42. The fourth-order valence-electron chi connectivity index (χ4n) is 3.55. The Balaban J connectivity index is 0.000000708. The summed E-state index contributed by atoms with van der Waals surface area (Å²) in [6, 6.07) is 8.76. The summed E-state index contributed by atoms with van der Waals surface area (Å²) in [4.78, 5) is 42.3. The van der Waals surface area contributed by atoms with Gasteiger partial charge >= 0.3 is 12.1 Å². The zero-order chi connectivity index (χ0) is 29.7. The highest BCUT2D eigenvalue weighted by atomic mass is 35.5. The molecule has 1 fully saturated rings. The maximum atomic E-state index is 13.3. The molecule has 40 heavy (non-hydrogen) atoms. The molecule has 9 nitrogen and oxygen atoms in total. The van der Waals surface area contributed by atoms with Gasteiger partial charge in [0, 0.05) is 78.8 Å². The molecule has 1 aromatic heterocycles. The summed E-state index contributed by atoms with van der Waals surface area (Å²) in [5.74, 6) is -0.329. The molecule has 1 saturated heterocycles. The molecule has 0 saturated carbocycles. The van der Waals surface area contributed by atoms with Crippen LogP contribution in [0.25, 0.3) is 0 Å². The summed E-state index contributed by atoms with van der Waals surface area (Å²) in [6.45, 7) is 6.84. The summed E-state index contributed by atoms with van der Waals surface area (Å²) in [5, 5.41) is 10.8. The second-order valence-corrected chi connectivity index (χ2v) is 10.5. The van der Waals surface area contributed by atoms with Gasteiger partial charge in [0.25, 0.3) is 5.91 Å². The quantitative estimate of drug-likeness (QED) is 0.376. The van der Waals surface area contributed by atoms with E-state index in [9.17, 15) is 22.8 Å². The first kappa shape index (κ1) is 33.0. The number of carbonyl (C=O) groups is 3. The van der Waals surface area contributed by atoms with Crippen LogP contribution in [0.3, 0.4) is 0 Å². The second kappa shape index (κ2) is 16.2. The number of aliphatic carboxylic acids is 1. The fraction of sp³-hybridized carbons (Fsp3) is 0.462. The van der Waals surface area contributed by atoms with Crippen LogP contribution in [0.4, 0.5) is 18.9 Å². The Morgan fingerprint density at radius 1 is 1.18 bits per heavy atom. The van der Waals surface area contributed by atoms with E-state index < -0.39 is 12.1 Å². The van der Waals surface area contributed by atoms with E-state index in [-0.39, 0.29) is 17.9 Å². The minimum absolute atomic E-state index is 0.0462. The minimum atomic E-state index is -5.08. The molecule has 0 unspecified atom stereocenters. The summed E-state index contributed by atoms with van der Waals surface area (Å²) < 4.78 is 37.6. The van der Waals surface area contributed by atoms with Crippen LogP contribution in [0.5, 0.6) is 5.75 Å². The number of pyridine rings is 1. The molecular formula is C26H32ClF3N4O5S. The normalized spacial score (nSPS) is 13.2. The van der Waals surface area contributed by atoms with Crippen molar-refractivity contribution in [3.63, 3.8) is 0 Å². The van der Waals surface area contributed by atoms with Gasteiger partial charge in [-0.25, -0.2) is 4.79 Å². The molecule has 2 heterocycles. The SMILES string of the molecule is CC(C)N(CCC(=O)N1CCSCC1)C(=O)c1cc(Cl)cc(OCCNc2ccncc2)c1.O=C(O)C(F)(F)F. The highest BCUT2D eigenvalue weighted by molar-refractivity contribution is 7.99. The molecule has 0 bridgehead atoms. The lowest BCUT2D eigenvalue weighted by Gasteiger charge is -2.30. The number of carboxylic acids is 1. The molecule has 14 heteroatoms. The number of halogens is 4. The van der Waals surface area contributed by atoms with E-state index in [2.05, 4.69) is 10.3 Å². The Morgan fingerprint density at radius 2 is 1.80 bits per heavy atom. The third kappa shape index (κ3) is 11.5. The van der Waals surface area contributed by atoms with Crippen molar-refractivity contribution in [1.82, 2.24) is 14.8 Å². The van der Waals surface area contributed by atoms with Crippen LogP contribution in [-0.2, 0) is 9.59 Å². The van der Waals surface area contributed by atoms with Gasteiger partial charge in [0.15, 0.2) is 0 Å². The van der Waals surface area contributed by atoms with E-state index in [4.69, 9.17) is 26.2 Å². The molecule has 1 aliphatic rings. The number of aromatic nitrogens is 1. The van der Waals surface area contributed by atoms with Gasteiger partial charge in [0.2, 0.25) is 5.91 Å². The van der Waals surface area contributed by atoms with E-state index >= 15 is 0 Å². The minimum Gasteiger partial charge on any atom is -0.492 e. The van der Waals surface area contributed by atoms with Crippen LogP contribution in [0.15, 0.2) is 42.7 Å². The van der Waals surface area contributed by atoms with E-state index in [1.807, 2.05) is 42.6 Å². The summed E-state index contributed by atoms with van der Waals surface area (Å²) in [6.07, 6.45) is -1.32. The Kier molecular flexibility index (Phi) is 13.3. The predicted octanol–water partition coefficient (Wildman–Crippen LogP) is 4.68. The third-order valence-corrected chi connectivity index (χ3v) is 6.72. The number of thioether (sulfide) groups is 1. The number of hydrogen-bond acceptors (Lipinski definition) is 7. The van der Waals surface area contributed by atoms with Crippen LogP contribution in [-0.4, -0.2) is 94.2 Å². The topological polar surface area (TPSA) is 112 Å². The average molecular weight is 605 g/mol. The maximum Gasteiger partial charge on any atom is 0.490 e. The van der Waals surface area contributed by atoms with E-state index in [1.54, 1.807) is 35.5 Å². The first-order chi connectivity index (χ1) is 18.9. The van der Waals surface area contributed by atoms with Gasteiger partial charge in [-0.2, -0.15) is 24.9 Å². The van der Waals surface area contributed by atoms with E-state index in [0.29, 0.717) is 42.5 Å². The first-order valence-corrected chi connectivity index (χ1v) is 14.0. The van der Waals surface area contributed by atoms with Gasteiger partial charge in [0.05, 0.1) is 0 Å². The van der Waals surface area contributed by atoms with Gasteiger partial charge in [-0.15, -0.1) is 0 Å². The molecule has 0 aliphatic carbocycles. The van der Waals surface area contributed by atoms with E-state index in [1.165, 1.54) is 0 Å². The van der Waals surface area contributed by atoms with Crippen molar-refractivity contribution in [2.45, 2.75) is 32.5 Å². The number of nitrogens with zero attached hydrogens (tertiary/aromatic N) is 3. The molecule has 1 aliphatic heterocycles. The number of anilines is 1. The molecule has 2 N–H and O–H groups in total. The van der Waals surface area contributed by atoms with Crippen LogP contribution in [0.1, 0.15) is 30.6 Å². The standard InChI is InChI=1S/C24H31ClN4O3S.C2HF3O2/c1-18(2)29(9-5-23(30)28-10-13-33-14-11-28)24(31)19-15-20(25)17-22(16-19)32-12-8-27-21-3-6-26-7-4-21;3-2(4,5)1(6)7/h3-4,6-7,15-18H,5,8-14H2,1-2H3,(H,26,27);(H,6,7). The number of benzene rings is 1. The molecule has 220 valence electrons. The maximum absolute atomic E-state index is 13.3. The average Bonchev–Trinajstić information content (AvgIpc) is 2.91. The van der Waals surface area contributed by atoms with Gasteiger partial charge in [-0.05, 0) is 44.2 Å². The van der Waals surface area contributed by atoms with Gasteiger partial charge in [-0.1, -0.05) is 11.6 Å². The smallest absolute Gasteiger partial charge is 0.490 e. The molecule has 1 aromatic carbocycles. The largest absolute Gasteiger partial charge is 0.492 e. The van der Waals surface area contributed by atoms with Crippen molar-refractivity contribution in [2.75, 3.05) is 49.6 Å². The lowest BCUT2D eigenvalue weighted by atomic mass is 10.1. The van der Waals surface area contributed by atoms with Crippen molar-refractivity contribution in [3.05, 3.63) is 53.3 Å². The van der Waals surface area contributed by atoms with Crippen LogP contribution in [0, 0.1) is 0 Å². The van der Waals surface area contributed by atoms with Crippen molar-refractivity contribution < 1.29 is 37.4 Å². The number of nitrogens with one attached hydrogen (secondary N) is 1. The zero-order valence-corrected chi connectivity index (χ0v) is 23.7. The predicted molar refractivity (Wildman–Crippen MR) is 148 cm³/mol. The number of alkyl halides is 3. The Morgan fingerprint density at radius 3 is 2.38 bits per heavy atom.